The van der Waals surface area contributed by atoms with Crippen LogP contribution in [0.1, 0.15) is 6.42 Å². The van der Waals surface area contributed by atoms with Gasteiger partial charge >= 0.3 is 0 Å². The predicted octanol–water partition coefficient (Wildman–Crippen LogP) is 0.617. The van der Waals surface area contributed by atoms with Crippen molar-refractivity contribution in [3.8, 4) is 0 Å². The lowest BCUT2D eigenvalue weighted by Gasteiger charge is -2.12. The highest BCUT2D eigenvalue weighted by Crippen LogP contribution is 2.42. The molecule has 1 atom stereocenters. The zero-order valence-corrected chi connectivity index (χ0v) is 8.60. The quantitative estimate of drug-likeness (QED) is 0.497. The van der Waals surface area contributed by atoms with E-state index in [2.05, 4.69) is 4.18 Å². The molecular weight excluding hydrogens is 203 g/mol. The second kappa shape index (κ2) is 3.10. The van der Waals surface area contributed by atoms with Gasteiger partial charge in [0, 0.05) is 19.8 Å². The summed E-state index contributed by atoms with van der Waals surface area (Å²) in [4.78, 5) is 0. The number of hydrogen-bond donors (Lipinski definition) is 0. The van der Waals surface area contributed by atoms with Gasteiger partial charge in [-0.25, -0.2) is 0 Å². The molecular formula is C5H11O5PS. The minimum Gasteiger partial charge on any atom is -0.306 e. The van der Waals surface area contributed by atoms with Gasteiger partial charge in [-0.1, -0.05) is 0 Å². The van der Waals surface area contributed by atoms with Crippen molar-refractivity contribution in [3.05, 3.63) is 0 Å². The molecule has 72 valence electrons. The lowest BCUT2D eigenvalue weighted by molar-refractivity contribution is 0.280. The molecule has 0 aromatic heterocycles. The Balaban J connectivity index is 2.72. The molecule has 0 N–H and O–H groups in total. The molecule has 0 radical (unpaired) electrons. The third kappa shape index (κ3) is 2.55. The molecule has 0 aromatic rings. The molecule has 0 aliphatic carbocycles. The van der Waals surface area contributed by atoms with Crippen molar-refractivity contribution in [2.45, 2.75) is 11.9 Å². The summed E-state index contributed by atoms with van der Waals surface area (Å²) in [5, 5.41) is 0. The molecule has 1 unspecified atom stereocenters. The maximum Gasteiger partial charge on any atom is 0.295 e. The second-order valence-corrected chi connectivity index (χ2v) is 7.35. The molecule has 0 spiro atoms. The Kier molecular flexibility index (Phi) is 2.63. The highest BCUT2D eigenvalue weighted by molar-refractivity contribution is 7.87. The van der Waals surface area contributed by atoms with E-state index >= 15 is 0 Å². The summed E-state index contributed by atoms with van der Waals surface area (Å²) in [6, 6.07) is 0. The van der Waals surface area contributed by atoms with Crippen LogP contribution in [0, 0.1) is 0 Å². The van der Waals surface area contributed by atoms with Crippen LogP contribution in [-0.4, -0.2) is 33.8 Å². The van der Waals surface area contributed by atoms with Crippen molar-refractivity contribution in [2.24, 2.45) is 0 Å². The van der Waals surface area contributed by atoms with E-state index in [1.165, 1.54) is 13.3 Å². The Morgan fingerprint density at radius 3 is 2.42 bits per heavy atom. The lowest BCUT2D eigenvalue weighted by Crippen LogP contribution is -2.17. The van der Waals surface area contributed by atoms with E-state index in [0.29, 0.717) is 0 Å². The second-order valence-electron chi connectivity index (χ2n) is 2.89. The van der Waals surface area contributed by atoms with Crippen LogP contribution in [0.3, 0.4) is 0 Å². The fourth-order valence-electron chi connectivity index (χ4n) is 0.869. The molecule has 5 nitrogen and oxygen atoms in total. The van der Waals surface area contributed by atoms with Gasteiger partial charge in [0.2, 0.25) is 0 Å². The van der Waals surface area contributed by atoms with Gasteiger partial charge in [-0.05, 0) is 0 Å². The Morgan fingerprint density at radius 2 is 2.08 bits per heavy atom. The Hall–Kier alpha value is 0.1000. The lowest BCUT2D eigenvalue weighted by atomic mass is 10.5. The van der Waals surface area contributed by atoms with Crippen molar-refractivity contribution in [1.29, 1.82) is 0 Å². The smallest absolute Gasteiger partial charge is 0.295 e. The number of hydrogen-bond acceptors (Lipinski definition) is 5. The maximum absolute atomic E-state index is 11.1. The van der Waals surface area contributed by atoms with E-state index in [-0.39, 0.29) is 13.0 Å². The first-order valence-electron chi connectivity index (χ1n) is 3.43. The topological polar surface area (TPSA) is 69.7 Å². The first kappa shape index (κ1) is 10.2. The summed E-state index contributed by atoms with van der Waals surface area (Å²) in [6.07, 6.45) is 0.258. The molecule has 7 heteroatoms. The SMILES string of the molecule is CP(C)(=O)OC1CCOS1(=O)=O. The highest BCUT2D eigenvalue weighted by Gasteiger charge is 2.36. The first-order chi connectivity index (χ1) is 5.31. The van der Waals surface area contributed by atoms with Crippen molar-refractivity contribution >= 4 is 17.5 Å². The molecule has 0 saturated carbocycles. The van der Waals surface area contributed by atoms with Gasteiger partial charge in [0.1, 0.15) is 0 Å². The van der Waals surface area contributed by atoms with Crippen LogP contribution in [0.4, 0.5) is 0 Å². The fourth-order valence-corrected chi connectivity index (χ4v) is 3.45. The zero-order valence-electron chi connectivity index (χ0n) is 6.89. The van der Waals surface area contributed by atoms with Crippen LogP contribution >= 0.6 is 7.37 Å². The summed E-state index contributed by atoms with van der Waals surface area (Å²) in [5.41, 5.74) is -1.04. The van der Waals surface area contributed by atoms with E-state index in [1.54, 1.807) is 0 Å². The van der Waals surface area contributed by atoms with Crippen LogP contribution in [0.25, 0.3) is 0 Å². The Labute approximate surface area is 71.6 Å². The molecule has 0 amide bonds. The largest absolute Gasteiger partial charge is 0.306 e. The molecule has 1 fully saturated rings. The van der Waals surface area contributed by atoms with E-state index in [0.717, 1.165) is 0 Å². The van der Waals surface area contributed by atoms with Gasteiger partial charge in [0.05, 0.1) is 6.61 Å². The Bertz CT molecular complexity index is 302. The van der Waals surface area contributed by atoms with E-state index in [4.69, 9.17) is 4.52 Å². The molecule has 1 aliphatic heterocycles. The molecule has 0 bridgehead atoms. The van der Waals surface area contributed by atoms with Gasteiger partial charge in [0.15, 0.2) is 12.8 Å². The molecule has 1 heterocycles. The van der Waals surface area contributed by atoms with Crippen molar-refractivity contribution < 1.29 is 21.7 Å². The Morgan fingerprint density at radius 1 is 1.50 bits per heavy atom. The molecule has 0 aromatic carbocycles. The summed E-state index contributed by atoms with van der Waals surface area (Å²) in [7, 11) is -6.37. The van der Waals surface area contributed by atoms with E-state index < -0.39 is 22.9 Å². The summed E-state index contributed by atoms with van der Waals surface area (Å²) in [6.45, 7) is 2.87. The summed E-state index contributed by atoms with van der Waals surface area (Å²) >= 11 is 0. The van der Waals surface area contributed by atoms with Crippen LogP contribution in [-0.2, 0) is 23.4 Å². The van der Waals surface area contributed by atoms with Gasteiger partial charge in [-0.2, -0.15) is 8.42 Å². The first-order valence-corrected chi connectivity index (χ1v) is 7.42. The van der Waals surface area contributed by atoms with E-state index in [1.807, 2.05) is 0 Å². The molecule has 1 saturated heterocycles. The maximum atomic E-state index is 11.1. The zero-order chi connectivity index (χ0) is 9.41. The van der Waals surface area contributed by atoms with Crippen LogP contribution < -0.4 is 0 Å². The van der Waals surface area contributed by atoms with Gasteiger partial charge < -0.3 is 4.52 Å². The molecule has 12 heavy (non-hydrogen) atoms. The van der Waals surface area contributed by atoms with Crippen LogP contribution in [0.15, 0.2) is 0 Å². The summed E-state index contributed by atoms with van der Waals surface area (Å²) < 4.78 is 42.3. The average molecular weight is 214 g/mol. The minimum absolute atomic E-state index is 0.118. The van der Waals surface area contributed by atoms with Crippen molar-refractivity contribution in [3.63, 3.8) is 0 Å². The third-order valence-electron chi connectivity index (χ3n) is 1.29. The molecule has 1 rings (SSSR count). The highest BCUT2D eigenvalue weighted by atomic mass is 32.2. The third-order valence-corrected chi connectivity index (χ3v) is 3.67. The van der Waals surface area contributed by atoms with Crippen molar-refractivity contribution in [1.82, 2.24) is 0 Å². The van der Waals surface area contributed by atoms with E-state index in [9.17, 15) is 13.0 Å². The molecule has 1 aliphatic rings. The van der Waals surface area contributed by atoms with Gasteiger partial charge in [0.25, 0.3) is 10.1 Å². The monoisotopic (exact) mass is 214 g/mol. The average Bonchev–Trinajstić information content (AvgIpc) is 2.07. The predicted molar refractivity (Wildman–Crippen MR) is 43.8 cm³/mol. The van der Waals surface area contributed by atoms with Gasteiger partial charge in [-0.3, -0.25) is 8.75 Å². The van der Waals surface area contributed by atoms with Gasteiger partial charge in [-0.15, -0.1) is 0 Å². The summed E-state index contributed by atoms with van der Waals surface area (Å²) in [5.74, 6) is 0. The van der Waals surface area contributed by atoms with Crippen LogP contribution in [0.2, 0.25) is 0 Å². The normalized spacial score (nSPS) is 29.0. The minimum atomic E-state index is -3.61. The van der Waals surface area contributed by atoms with Crippen LogP contribution in [0.5, 0.6) is 0 Å². The van der Waals surface area contributed by atoms with Crippen molar-refractivity contribution in [2.75, 3.05) is 19.9 Å². The number of rotatable bonds is 2. The standard InChI is InChI=1S/C5H11O5PS/c1-11(2,6)10-5-3-4-9-12(5,7)8/h5H,3-4H2,1-2H3. The fraction of sp³-hybridized carbons (Fsp3) is 1.00.